The topological polar surface area (TPSA) is 46.3 Å². The minimum absolute atomic E-state index is 0. The summed E-state index contributed by atoms with van der Waals surface area (Å²) in [5.41, 5.74) is 6.09. The summed E-state index contributed by atoms with van der Waals surface area (Å²) in [5, 5.41) is 0. The molecule has 4 heteroatoms. The van der Waals surface area contributed by atoms with E-state index in [9.17, 15) is 4.79 Å². The molecule has 1 saturated heterocycles. The van der Waals surface area contributed by atoms with E-state index >= 15 is 0 Å². The van der Waals surface area contributed by atoms with Crippen LogP contribution in [0.2, 0.25) is 0 Å². The van der Waals surface area contributed by atoms with Crippen molar-refractivity contribution in [3.63, 3.8) is 0 Å². The maximum atomic E-state index is 12.5. The van der Waals surface area contributed by atoms with Crippen LogP contribution in [0.3, 0.4) is 0 Å². The Hall–Kier alpha value is -0.280. The van der Waals surface area contributed by atoms with Gasteiger partial charge in [-0.2, -0.15) is 0 Å². The first-order valence-corrected chi connectivity index (χ1v) is 7.57. The van der Waals surface area contributed by atoms with Crippen molar-refractivity contribution in [3.05, 3.63) is 0 Å². The molecule has 0 aromatic rings. The molecule has 2 rings (SSSR count). The first-order valence-electron chi connectivity index (χ1n) is 7.57. The summed E-state index contributed by atoms with van der Waals surface area (Å²) in [4.78, 5) is 14.6. The second-order valence-corrected chi connectivity index (χ2v) is 6.54. The van der Waals surface area contributed by atoms with Crippen LogP contribution >= 0.6 is 12.4 Å². The molecule has 0 spiro atoms. The van der Waals surface area contributed by atoms with Crippen molar-refractivity contribution >= 4 is 18.3 Å². The van der Waals surface area contributed by atoms with Gasteiger partial charge in [-0.3, -0.25) is 4.79 Å². The molecule has 1 heterocycles. The van der Waals surface area contributed by atoms with E-state index in [-0.39, 0.29) is 17.8 Å². The van der Waals surface area contributed by atoms with Crippen molar-refractivity contribution in [2.75, 3.05) is 13.1 Å². The average molecular weight is 289 g/mol. The van der Waals surface area contributed by atoms with Gasteiger partial charge in [0.25, 0.3) is 0 Å². The Morgan fingerprint density at radius 2 is 1.89 bits per heavy atom. The molecule has 1 aliphatic carbocycles. The van der Waals surface area contributed by atoms with Crippen molar-refractivity contribution in [2.24, 2.45) is 17.1 Å². The summed E-state index contributed by atoms with van der Waals surface area (Å²) in [7, 11) is 0. The zero-order chi connectivity index (χ0) is 13.2. The second-order valence-electron chi connectivity index (χ2n) is 6.54. The molecule has 0 aromatic heterocycles. The van der Waals surface area contributed by atoms with Crippen LogP contribution in [0.5, 0.6) is 0 Å². The van der Waals surface area contributed by atoms with Crippen LogP contribution in [0.25, 0.3) is 0 Å². The lowest BCUT2D eigenvalue weighted by Gasteiger charge is -2.37. The van der Waals surface area contributed by atoms with Gasteiger partial charge in [0.2, 0.25) is 5.91 Å². The van der Waals surface area contributed by atoms with E-state index < -0.39 is 0 Å². The number of nitrogens with two attached hydrogens (primary N) is 1. The smallest absolute Gasteiger partial charge is 0.223 e. The van der Waals surface area contributed by atoms with Gasteiger partial charge in [0.05, 0.1) is 0 Å². The van der Waals surface area contributed by atoms with Crippen LogP contribution < -0.4 is 5.73 Å². The highest BCUT2D eigenvalue weighted by Crippen LogP contribution is 2.39. The molecular weight excluding hydrogens is 260 g/mol. The van der Waals surface area contributed by atoms with Crippen molar-refractivity contribution in [1.82, 2.24) is 4.90 Å². The summed E-state index contributed by atoms with van der Waals surface area (Å²) in [6.07, 6.45) is 7.93. The molecule has 1 aliphatic heterocycles. The number of carbonyl (C=O) groups excluding carboxylic acids is 1. The Morgan fingerprint density at radius 1 is 1.26 bits per heavy atom. The van der Waals surface area contributed by atoms with Gasteiger partial charge in [-0.25, -0.2) is 0 Å². The van der Waals surface area contributed by atoms with Gasteiger partial charge >= 0.3 is 0 Å². The van der Waals surface area contributed by atoms with Crippen LogP contribution in [0.4, 0.5) is 0 Å². The summed E-state index contributed by atoms with van der Waals surface area (Å²) >= 11 is 0. The minimum atomic E-state index is 0. The molecule has 1 amide bonds. The van der Waals surface area contributed by atoms with Gasteiger partial charge in [0.1, 0.15) is 0 Å². The molecule has 112 valence electrons. The quantitative estimate of drug-likeness (QED) is 0.868. The SMILES string of the molecule is CC1CCN(C(=O)CC2(CN)CCCCC2)C1C.Cl. The number of hydrogen-bond donors (Lipinski definition) is 1. The highest BCUT2D eigenvalue weighted by molar-refractivity contribution is 5.85. The first kappa shape index (κ1) is 16.8. The van der Waals surface area contributed by atoms with Crippen LogP contribution in [0, 0.1) is 11.3 Å². The second kappa shape index (κ2) is 6.94. The van der Waals surface area contributed by atoms with Crippen molar-refractivity contribution < 1.29 is 4.79 Å². The fraction of sp³-hybridized carbons (Fsp3) is 0.933. The predicted octanol–water partition coefficient (Wildman–Crippen LogP) is 2.96. The molecule has 0 bridgehead atoms. The molecule has 19 heavy (non-hydrogen) atoms. The van der Waals surface area contributed by atoms with Crippen molar-refractivity contribution in [1.29, 1.82) is 0 Å². The number of amides is 1. The molecule has 2 aliphatic rings. The molecule has 2 atom stereocenters. The number of halogens is 1. The van der Waals surface area contributed by atoms with Gasteiger partial charge in [0.15, 0.2) is 0 Å². The lowest BCUT2D eigenvalue weighted by atomic mass is 9.71. The van der Waals surface area contributed by atoms with Crippen LogP contribution in [-0.2, 0) is 4.79 Å². The normalized spacial score (nSPS) is 29.9. The summed E-state index contributed by atoms with van der Waals surface area (Å²) in [6.45, 7) is 6.06. The van der Waals surface area contributed by atoms with E-state index in [4.69, 9.17) is 5.73 Å². The highest BCUT2D eigenvalue weighted by Gasteiger charge is 2.37. The number of hydrogen-bond acceptors (Lipinski definition) is 2. The third kappa shape index (κ3) is 3.63. The molecule has 0 aromatic carbocycles. The largest absolute Gasteiger partial charge is 0.340 e. The average Bonchev–Trinajstić information content (AvgIpc) is 2.71. The summed E-state index contributed by atoms with van der Waals surface area (Å²) < 4.78 is 0. The van der Waals surface area contributed by atoms with Crippen LogP contribution in [0.1, 0.15) is 58.8 Å². The van der Waals surface area contributed by atoms with E-state index in [0.29, 0.717) is 30.8 Å². The molecule has 2 fully saturated rings. The molecule has 2 N–H and O–H groups in total. The zero-order valence-electron chi connectivity index (χ0n) is 12.4. The van der Waals surface area contributed by atoms with E-state index in [1.54, 1.807) is 0 Å². The Bertz CT molecular complexity index is 303. The van der Waals surface area contributed by atoms with Gasteiger partial charge in [-0.15, -0.1) is 12.4 Å². The first-order chi connectivity index (χ1) is 8.58. The Morgan fingerprint density at radius 3 is 2.37 bits per heavy atom. The van der Waals surface area contributed by atoms with E-state index in [0.717, 1.165) is 25.8 Å². The number of carbonyl (C=O) groups is 1. The van der Waals surface area contributed by atoms with E-state index in [2.05, 4.69) is 18.7 Å². The molecule has 2 unspecified atom stereocenters. The van der Waals surface area contributed by atoms with E-state index in [1.807, 2.05) is 0 Å². The number of rotatable bonds is 3. The molecule has 0 radical (unpaired) electrons. The molecule has 3 nitrogen and oxygen atoms in total. The lowest BCUT2D eigenvalue weighted by Crippen LogP contribution is -2.42. The lowest BCUT2D eigenvalue weighted by molar-refractivity contribution is -0.135. The standard InChI is InChI=1S/C15H28N2O.ClH/c1-12-6-9-17(13(12)2)14(18)10-15(11-16)7-4-3-5-8-15;/h12-13H,3-11,16H2,1-2H3;1H. The third-order valence-electron chi connectivity index (χ3n) is 5.33. The van der Waals surface area contributed by atoms with Crippen molar-refractivity contribution in [3.8, 4) is 0 Å². The maximum Gasteiger partial charge on any atom is 0.223 e. The number of likely N-dealkylation sites (tertiary alicyclic amines) is 1. The minimum Gasteiger partial charge on any atom is -0.340 e. The third-order valence-corrected chi connectivity index (χ3v) is 5.33. The fourth-order valence-electron chi connectivity index (χ4n) is 3.62. The summed E-state index contributed by atoms with van der Waals surface area (Å²) in [6, 6.07) is 0.413. The maximum absolute atomic E-state index is 12.5. The van der Waals surface area contributed by atoms with Gasteiger partial charge in [0, 0.05) is 19.0 Å². The fourth-order valence-corrected chi connectivity index (χ4v) is 3.62. The van der Waals surface area contributed by atoms with Crippen molar-refractivity contribution in [2.45, 2.75) is 64.8 Å². The van der Waals surface area contributed by atoms with E-state index in [1.165, 1.54) is 19.3 Å². The van der Waals surface area contributed by atoms with Gasteiger partial charge in [-0.05, 0) is 44.1 Å². The van der Waals surface area contributed by atoms with Crippen LogP contribution in [-0.4, -0.2) is 29.9 Å². The Balaban J connectivity index is 0.00000180. The number of nitrogens with zero attached hydrogens (tertiary/aromatic N) is 1. The van der Waals surface area contributed by atoms with Crippen LogP contribution in [0.15, 0.2) is 0 Å². The molecule has 1 saturated carbocycles. The highest BCUT2D eigenvalue weighted by atomic mass is 35.5. The Kier molecular flexibility index (Phi) is 6.13. The molecular formula is C15H29ClN2O. The van der Waals surface area contributed by atoms with Gasteiger partial charge < -0.3 is 10.6 Å². The Labute approximate surface area is 123 Å². The summed E-state index contributed by atoms with van der Waals surface area (Å²) in [5.74, 6) is 0.994. The monoisotopic (exact) mass is 288 g/mol. The van der Waals surface area contributed by atoms with Gasteiger partial charge in [-0.1, -0.05) is 26.2 Å². The predicted molar refractivity (Wildman–Crippen MR) is 81.4 cm³/mol. The zero-order valence-corrected chi connectivity index (χ0v) is 13.2.